The van der Waals surface area contributed by atoms with Gasteiger partial charge >= 0.3 is 0 Å². The number of hydrogen-bond donors (Lipinski definition) is 1. The highest BCUT2D eigenvalue weighted by Gasteiger charge is 2.15. The fraction of sp³-hybridized carbons (Fsp3) is 0.308. The number of aryl methyl sites for hydroxylation is 1. The van der Waals surface area contributed by atoms with E-state index in [4.69, 9.17) is 19.6 Å². The molecule has 0 saturated carbocycles. The summed E-state index contributed by atoms with van der Waals surface area (Å²) in [6.07, 6.45) is 1.63. The highest BCUT2D eigenvalue weighted by atomic mass is 32.2. The Morgan fingerprint density at radius 3 is 2.68 bits per heavy atom. The second-order valence-electron chi connectivity index (χ2n) is 4.24. The van der Waals surface area contributed by atoms with E-state index in [-0.39, 0.29) is 0 Å². The van der Waals surface area contributed by atoms with Crippen molar-refractivity contribution in [1.29, 1.82) is 0 Å². The first-order valence-corrected chi connectivity index (χ1v) is 6.94. The van der Waals surface area contributed by atoms with Gasteiger partial charge in [-0.2, -0.15) is 0 Å². The Morgan fingerprint density at radius 2 is 2.00 bits per heavy atom. The van der Waals surface area contributed by atoms with Crippen LogP contribution in [0, 0.1) is 6.92 Å². The van der Waals surface area contributed by atoms with E-state index in [1.807, 2.05) is 19.1 Å². The number of benzene rings is 1. The van der Waals surface area contributed by atoms with E-state index in [2.05, 4.69) is 4.98 Å². The molecule has 2 aromatic rings. The fourth-order valence-corrected chi connectivity index (χ4v) is 2.66. The van der Waals surface area contributed by atoms with Crippen molar-refractivity contribution in [3.63, 3.8) is 0 Å². The minimum Gasteiger partial charge on any atom is -0.486 e. The third kappa shape index (κ3) is 2.63. The van der Waals surface area contributed by atoms with E-state index in [1.165, 1.54) is 11.8 Å². The number of fused-ring (bicyclic) bond motifs is 1. The molecule has 19 heavy (non-hydrogen) atoms. The van der Waals surface area contributed by atoms with E-state index in [0.29, 0.717) is 35.6 Å². The summed E-state index contributed by atoms with van der Waals surface area (Å²) in [5, 5.41) is 0.645. The van der Waals surface area contributed by atoms with Crippen LogP contribution in [0.1, 0.15) is 11.3 Å². The molecule has 5 nitrogen and oxygen atoms in total. The molecule has 6 heteroatoms. The lowest BCUT2D eigenvalue weighted by Gasteiger charge is -2.20. The molecule has 0 unspecified atom stereocenters. The number of rotatable bonds is 3. The van der Waals surface area contributed by atoms with Crippen LogP contribution in [0.4, 0.5) is 5.69 Å². The molecule has 0 saturated heterocycles. The summed E-state index contributed by atoms with van der Waals surface area (Å²) in [7, 11) is 0. The van der Waals surface area contributed by atoms with Crippen molar-refractivity contribution in [1.82, 2.24) is 4.98 Å². The zero-order valence-corrected chi connectivity index (χ0v) is 11.3. The van der Waals surface area contributed by atoms with Gasteiger partial charge in [-0.25, -0.2) is 4.98 Å². The van der Waals surface area contributed by atoms with Crippen molar-refractivity contribution in [2.45, 2.75) is 17.9 Å². The number of anilines is 1. The third-order valence-corrected chi connectivity index (χ3v) is 3.64. The molecule has 0 spiro atoms. The zero-order chi connectivity index (χ0) is 13.2. The lowest BCUT2D eigenvalue weighted by Crippen LogP contribution is -2.15. The highest BCUT2D eigenvalue weighted by molar-refractivity contribution is 7.98. The van der Waals surface area contributed by atoms with Gasteiger partial charge in [0.1, 0.15) is 19.5 Å². The van der Waals surface area contributed by atoms with Crippen molar-refractivity contribution in [3.8, 4) is 11.5 Å². The van der Waals surface area contributed by atoms with Gasteiger partial charge in [0.05, 0.1) is 5.69 Å². The maximum absolute atomic E-state index is 6.01. The Kier molecular flexibility index (Phi) is 3.25. The number of hydrogen-bond acceptors (Lipinski definition) is 6. The molecule has 0 atom stereocenters. The smallest absolute Gasteiger partial charge is 0.256 e. The molecule has 0 fully saturated rings. The first-order chi connectivity index (χ1) is 9.22. The van der Waals surface area contributed by atoms with E-state index in [0.717, 1.165) is 17.0 Å². The van der Waals surface area contributed by atoms with Gasteiger partial charge in [0.2, 0.25) is 0 Å². The number of aromatic nitrogens is 1. The Balaban J connectivity index is 1.77. The van der Waals surface area contributed by atoms with Crippen LogP contribution in [-0.4, -0.2) is 18.2 Å². The molecule has 1 aromatic carbocycles. The summed E-state index contributed by atoms with van der Waals surface area (Å²) >= 11 is 1.51. The van der Waals surface area contributed by atoms with Crippen LogP contribution >= 0.6 is 11.8 Å². The maximum atomic E-state index is 6.01. The van der Waals surface area contributed by atoms with Gasteiger partial charge < -0.3 is 19.6 Å². The molecule has 1 aromatic heterocycles. The van der Waals surface area contributed by atoms with E-state index in [9.17, 15) is 0 Å². The minimum absolute atomic E-state index is 0.566. The fourth-order valence-electron chi connectivity index (χ4n) is 1.81. The molecule has 1 aliphatic heterocycles. The monoisotopic (exact) mass is 278 g/mol. The van der Waals surface area contributed by atoms with Crippen LogP contribution in [0.25, 0.3) is 0 Å². The largest absolute Gasteiger partial charge is 0.486 e. The van der Waals surface area contributed by atoms with Crippen molar-refractivity contribution in [2.75, 3.05) is 18.9 Å². The minimum atomic E-state index is 0.566. The van der Waals surface area contributed by atoms with Crippen LogP contribution in [-0.2, 0) is 5.75 Å². The normalized spacial score (nSPS) is 13.5. The van der Waals surface area contributed by atoms with E-state index < -0.39 is 0 Å². The average Bonchev–Trinajstić information content (AvgIpc) is 2.82. The van der Waals surface area contributed by atoms with Crippen molar-refractivity contribution in [3.05, 3.63) is 29.7 Å². The Bertz CT molecular complexity index is 598. The molecule has 2 heterocycles. The summed E-state index contributed by atoms with van der Waals surface area (Å²) in [6.45, 7) is 3.03. The number of nitrogens with two attached hydrogens (primary N) is 1. The number of nitrogen functional groups attached to an aromatic ring is 1. The number of thioether (sulfide) groups is 1. The van der Waals surface area contributed by atoms with Crippen LogP contribution in [0.3, 0.4) is 0 Å². The van der Waals surface area contributed by atoms with Crippen LogP contribution in [0.15, 0.2) is 28.0 Å². The summed E-state index contributed by atoms with van der Waals surface area (Å²) in [6, 6.07) is 3.73. The summed E-state index contributed by atoms with van der Waals surface area (Å²) in [5.74, 6) is 2.15. The van der Waals surface area contributed by atoms with Crippen molar-refractivity contribution in [2.24, 2.45) is 0 Å². The van der Waals surface area contributed by atoms with Gasteiger partial charge in [-0.1, -0.05) is 11.8 Å². The first-order valence-electron chi connectivity index (χ1n) is 5.95. The molecule has 0 radical (unpaired) electrons. The highest BCUT2D eigenvalue weighted by Crippen LogP contribution is 2.36. The van der Waals surface area contributed by atoms with Crippen LogP contribution in [0.5, 0.6) is 11.5 Å². The van der Waals surface area contributed by atoms with Crippen LogP contribution in [0.2, 0.25) is 0 Å². The van der Waals surface area contributed by atoms with E-state index >= 15 is 0 Å². The molecule has 0 amide bonds. The lowest BCUT2D eigenvalue weighted by atomic mass is 10.2. The molecule has 100 valence electrons. The quantitative estimate of drug-likeness (QED) is 0.687. The SMILES string of the molecule is Cc1coc(SCc2cc3c(cc2N)OCCO3)n1. The number of ether oxygens (including phenoxy) is 2. The molecular formula is C13H14N2O3S. The van der Waals surface area contributed by atoms with Crippen LogP contribution < -0.4 is 15.2 Å². The molecule has 2 N–H and O–H groups in total. The Hall–Kier alpha value is -1.82. The molecule has 3 rings (SSSR count). The Labute approximate surface area is 115 Å². The zero-order valence-electron chi connectivity index (χ0n) is 10.5. The average molecular weight is 278 g/mol. The first kappa shape index (κ1) is 12.2. The molecule has 1 aliphatic rings. The predicted molar refractivity (Wildman–Crippen MR) is 72.6 cm³/mol. The van der Waals surface area contributed by atoms with E-state index in [1.54, 1.807) is 6.26 Å². The summed E-state index contributed by atoms with van der Waals surface area (Å²) in [4.78, 5) is 4.24. The molecular weight excluding hydrogens is 264 g/mol. The standard InChI is InChI=1S/C13H14N2O3S/c1-8-6-18-13(15-8)19-7-9-4-11-12(5-10(9)14)17-3-2-16-11/h4-6H,2-3,7,14H2,1H3. The van der Waals surface area contributed by atoms with Gasteiger partial charge in [-0.05, 0) is 18.6 Å². The molecule has 0 bridgehead atoms. The Morgan fingerprint density at radius 1 is 1.26 bits per heavy atom. The van der Waals surface area contributed by atoms with Gasteiger partial charge in [-0.3, -0.25) is 0 Å². The predicted octanol–water partition coefficient (Wildman–Crippen LogP) is 2.63. The topological polar surface area (TPSA) is 70.5 Å². The summed E-state index contributed by atoms with van der Waals surface area (Å²) in [5.41, 5.74) is 8.57. The van der Waals surface area contributed by atoms with Gasteiger partial charge in [0.15, 0.2) is 11.5 Å². The number of oxazole rings is 1. The summed E-state index contributed by atoms with van der Waals surface area (Å²) < 4.78 is 16.3. The van der Waals surface area contributed by atoms with Crippen molar-refractivity contribution < 1.29 is 13.9 Å². The van der Waals surface area contributed by atoms with Gasteiger partial charge in [-0.15, -0.1) is 0 Å². The third-order valence-electron chi connectivity index (χ3n) is 2.75. The second-order valence-corrected chi connectivity index (χ2v) is 5.16. The van der Waals surface area contributed by atoms with Gasteiger partial charge in [0, 0.05) is 17.5 Å². The lowest BCUT2D eigenvalue weighted by molar-refractivity contribution is 0.171. The molecule has 0 aliphatic carbocycles. The maximum Gasteiger partial charge on any atom is 0.256 e. The van der Waals surface area contributed by atoms with Gasteiger partial charge in [0.25, 0.3) is 5.22 Å². The number of nitrogens with zero attached hydrogens (tertiary/aromatic N) is 1. The second kappa shape index (κ2) is 5.05. The van der Waals surface area contributed by atoms with Crippen molar-refractivity contribution >= 4 is 17.4 Å².